The lowest BCUT2D eigenvalue weighted by Crippen LogP contribution is -2.45. The molecule has 0 atom stereocenters. The van der Waals surface area contributed by atoms with Gasteiger partial charge in [0.15, 0.2) is 15.5 Å². The number of piperidine rings is 1. The maximum absolute atomic E-state index is 13.2. The van der Waals surface area contributed by atoms with E-state index in [-0.39, 0.29) is 16.5 Å². The lowest BCUT2D eigenvalue weighted by atomic mass is 10.2. The second kappa shape index (κ2) is 11.9. The van der Waals surface area contributed by atoms with Crippen LogP contribution in [0, 0.1) is 6.92 Å². The fourth-order valence-corrected chi connectivity index (χ4v) is 6.27. The largest absolute Gasteiger partial charge is 0.389 e. The Morgan fingerprint density at radius 2 is 1.72 bits per heavy atom. The summed E-state index contributed by atoms with van der Waals surface area (Å²) in [5.41, 5.74) is 4.57. The number of halogens is 5. The van der Waals surface area contributed by atoms with Gasteiger partial charge in [-0.05, 0) is 68.7 Å². The molecule has 3 aromatic rings. The van der Waals surface area contributed by atoms with Crippen LogP contribution >= 0.6 is 23.2 Å². The monoisotopic (exact) mass is 602 g/mol. The van der Waals surface area contributed by atoms with E-state index in [9.17, 15) is 26.4 Å². The summed E-state index contributed by atoms with van der Waals surface area (Å²) < 4.78 is 64.3. The number of hydrazine groups is 1. The van der Waals surface area contributed by atoms with E-state index in [2.05, 4.69) is 10.4 Å². The first-order valence-corrected chi connectivity index (χ1v) is 14.8. The van der Waals surface area contributed by atoms with Crippen molar-refractivity contribution in [2.45, 2.75) is 50.1 Å². The lowest BCUT2D eigenvalue weighted by Gasteiger charge is -2.26. The van der Waals surface area contributed by atoms with Gasteiger partial charge in [-0.3, -0.25) is 14.8 Å². The Labute approximate surface area is 234 Å². The molecule has 0 radical (unpaired) electrons. The molecule has 7 nitrogen and oxygen atoms in total. The summed E-state index contributed by atoms with van der Waals surface area (Å²) in [4.78, 5) is 17.7. The summed E-state index contributed by atoms with van der Waals surface area (Å²) in [6.45, 7) is 3.19. The van der Waals surface area contributed by atoms with E-state index in [1.807, 2.05) is 5.01 Å². The molecule has 0 bridgehead atoms. The average Bonchev–Trinajstić information content (AvgIpc) is 3.20. The van der Waals surface area contributed by atoms with E-state index < -0.39 is 34.6 Å². The number of aromatic nitrogens is 2. The Bertz CT molecular complexity index is 1450. The number of rotatable bonds is 8. The number of sulfone groups is 1. The summed E-state index contributed by atoms with van der Waals surface area (Å²) in [6, 6.07) is 10.6. The quantitative estimate of drug-likeness (QED) is 0.322. The molecule has 4 rings (SSSR count). The summed E-state index contributed by atoms with van der Waals surface area (Å²) in [5, 5.41) is 2.58. The predicted octanol–water partition coefficient (Wildman–Crippen LogP) is 6.40. The molecule has 1 saturated heterocycles. The zero-order valence-electron chi connectivity index (χ0n) is 21.1. The highest BCUT2D eigenvalue weighted by atomic mass is 35.5. The van der Waals surface area contributed by atoms with Crippen molar-refractivity contribution >= 4 is 38.9 Å². The van der Waals surface area contributed by atoms with Crippen LogP contribution in [0.15, 0.2) is 47.4 Å². The molecule has 1 amide bonds. The van der Waals surface area contributed by atoms with Gasteiger partial charge in [0.1, 0.15) is 5.82 Å². The molecule has 0 unspecified atom stereocenters. The van der Waals surface area contributed by atoms with Gasteiger partial charge in [-0.2, -0.15) is 13.2 Å². The van der Waals surface area contributed by atoms with Crippen LogP contribution in [0.4, 0.5) is 13.2 Å². The zero-order chi connectivity index (χ0) is 28.4. The van der Waals surface area contributed by atoms with Crippen molar-refractivity contribution < 1.29 is 26.4 Å². The fourth-order valence-electron chi connectivity index (χ4n) is 4.47. The van der Waals surface area contributed by atoms with Gasteiger partial charge >= 0.3 is 6.18 Å². The van der Waals surface area contributed by atoms with E-state index in [0.717, 1.165) is 32.4 Å². The van der Waals surface area contributed by atoms with Gasteiger partial charge in [-0.1, -0.05) is 29.6 Å². The molecule has 1 fully saturated rings. The highest BCUT2D eigenvalue weighted by molar-refractivity contribution is 7.91. The highest BCUT2D eigenvalue weighted by Gasteiger charge is 2.28. The number of alkyl halides is 3. The second-order valence-electron chi connectivity index (χ2n) is 9.35. The maximum atomic E-state index is 13.2. The topological polar surface area (TPSA) is 84.3 Å². The van der Waals surface area contributed by atoms with E-state index in [4.69, 9.17) is 23.2 Å². The third kappa shape index (κ3) is 7.13. The van der Waals surface area contributed by atoms with Crippen LogP contribution in [0.3, 0.4) is 0 Å². The third-order valence-corrected chi connectivity index (χ3v) is 8.80. The Kier molecular flexibility index (Phi) is 8.95. The Hall–Kier alpha value is -2.60. The van der Waals surface area contributed by atoms with Crippen LogP contribution in [0.2, 0.25) is 10.0 Å². The van der Waals surface area contributed by atoms with Gasteiger partial charge in [0.2, 0.25) is 0 Å². The average molecular weight is 603 g/mol. The highest BCUT2D eigenvalue weighted by Crippen LogP contribution is 2.33. The Balaban J connectivity index is 1.70. The van der Waals surface area contributed by atoms with Crippen molar-refractivity contribution in [3.8, 4) is 17.1 Å². The van der Waals surface area contributed by atoms with E-state index >= 15 is 0 Å². The predicted molar refractivity (Wildman–Crippen MR) is 144 cm³/mol. The number of hydrogen-bond acceptors (Lipinski definition) is 5. The van der Waals surface area contributed by atoms with E-state index in [0.29, 0.717) is 32.8 Å². The van der Waals surface area contributed by atoms with Gasteiger partial charge in [0.25, 0.3) is 5.91 Å². The Morgan fingerprint density at radius 1 is 1.05 bits per heavy atom. The van der Waals surface area contributed by atoms with Crippen LogP contribution < -0.4 is 5.43 Å². The molecule has 0 saturated carbocycles. The van der Waals surface area contributed by atoms with Gasteiger partial charge in [-0.25, -0.2) is 18.4 Å². The number of carbonyl (C=O) groups is 1. The van der Waals surface area contributed by atoms with Crippen molar-refractivity contribution in [1.29, 1.82) is 0 Å². The molecule has 2 aromatic carbocycles. The maximum Gasteiger partial charge on any atom is 0.389 e. The first-order valence-electron chi connectivity index (χ1n) is 12.4. The summed E-state index contributed by atoms with van der Waals surface area (Å²) in [7, 11) is -3.92. The Morgan fingerprint density at radius 3 is 2.33 bits per heavy atom. The molecule has 1 aromatic heterocycles. The minimum absolute atomic E-state index is 0.0969. The van der Waals surface area contributed by atoms with Crippen molar-refractivity contribution in [2.75, 3.05) is 18.8 Å². The number of carbonyl (C=O) groups excluding carboxylic acids is 1. The van der Waals surface area contributed by atoms with Gasteiger partial charge in [0.05, 0.1) is 21.4 Å². The SMILES string of the molecule is Cc1c(C(=O)NN2CCCCC2)nc(-c2ccc(Cl)cc2Cl)n1-c1ccc(S(=O)(=O)CCCC(F)(F)F)cc1. The molecule has 1 N–H and O–H groups in total. The summed E-state index contributed by atoms with van der Waals surface area (Å²) >= 11 is 12.6. The molecule has 2 heterocycles. The van der Waals surface area contributed by atoms with Crippen molar-refractivity contribution in [2.24, 2.45) is 0 Å². The number of nitrogens with one attached hydrogen (secondary N) is 1. The van der Waals surface area contributed by atoms with Crippen LogP contribution in [-0.2, 0) is 9.84 Å². The first-order chi connectivity index (χ1) is 18.4. The lowest BCUT2D eigenvalue weighted by molar-refractivity contribution is -0.134. The summed E-state index contributed by atoms with van der Waals surface area (Å²) in [6.07, 6.45) is -3.06. The van der Waals surface area contributed by atoms with E-state index in [1.165, 1.54) is 24.3 Å². The molecule has 210 valence electrons. The molecule has 1 aliphatic rings. The molecular formula is C26H27Cl2F3N4O3S. The molecule has 13 heteroatoms. The number of nitrogens with zero attached hydrogens (tertiary/aromatic N) is 3. The third-order valence-electron chi connectivity index (χ3n) is 6.44. The van der Waals surface area contributed by atoms with Gasteiger partial charge in [0, 0.05) is 35.8 Å². The molecule has 1 aliphatic heterocycles. The van der Waals surface area contributed by atoms with Crippen LogP contribution in [0.25, 0.3) is 17.1 Å². The number of imidazole rings is 1. The second-order valence-corrected chi connectivity index (χ2v) is 12.3. The van der Waals surface area contributed by atoms with Crippen molar-refractivity contribution in [3.63, 3.8) is 0 Å². The minimum atomic E-state index is -4.42. The fraction of sp³-hybridized carbons (Fsp3) is 0.385. The zero-order valence-corrected chi connectivity index (χ0v) is 23.4. The van der Waals surface area contributed by atoms with Crippen molar-refractivity contribution in [1.82, 2.24) is 20.0 Å². The van der Waals surface area contributed by atoms with Crippen LogP contribution in [-0.4, -0.2) is 53.9 Å². The summed E-state index contributed by atoms with van der Waals surface area (Å²) in [5.74, 6) is -0.662. The van der Waals surface area contributed by atoms with Crippen LogP contribution in [0.1, 0.15) is 48.3 Å². The van der Waals surface area contributed by atoms with Gasteiger partial charge < -0.3 is 0 Å². The molecular weight excluding hydrogens is 576 g/mol. The normalized spacial score (nSPS) is 14.9. The smallest absolute Gasteiger partial charge is 0.296 e. The van der Waals surface area contributed by atoms with Crippen molar-refractivity contribution in [3.05, 3.63) is 63.9 Å². The van der Waals surface area contributed by atoms with E-state index in [1.54, 1.807) is 29.7 Å². The molecule has 0 spiro atoms. The number of hydrogen-bond donors (Lipinski definition) is 1. The standard InChI is InChI=1S/C26H27Cl2F3N4O3S/c1-17-23(25(36)33-34-13-3-2-4-14-34)32-24(21-11-6-18(27)16-22(21)28)35(17)19-7-9-20(10-8-19)39(37,38)15-5-12-26(29,30)31/h6-11,16H,2-5,12-15H2,1H3,(H,33,36). The van der Waals surface area contributed by atoms with Crippen LogP contribution in [0.5, 0.6) is 0 Å². The first kappa shape index (κ1) is 29.4. The molecule has 39 heavy (non-hydrogen) atoms. The number of benzene rings is 2. The number of amides is 1. The molecule has 0 aliphatic carbocycles. The minimum Gasteiger partial charge on any atom is -0.296 e. The van der Waals surface area contributed by atoms with Gasteiger partial charge in [-0.15, -0.1) is 0 Å².